The first kappa shape index (κ1) is 23.0. The Morgan fingerprint density at radius 2 is 1.73 bits per heavy atom. The Morgan fingerprint density at radius 1 is 1.00 bits per heavy atom. The second-order valence-electron chi connectivity index (χ2n) is 7.39. The summed E-state index contributed by atoms with van der Waals surface area (Å²) >= 11 is 7.43. The summed E-state index contributed by atoms with van der Waals surface area (Å²) in [5, 5.41) is 0.0215. The van der Waals surface area contributed by atoms with Crippen molar-refractivity contribution in [1.82, 2.24) is 0 Å². The van der Waals surface area contributed by atoms with E-state index in [1.54, 1.807) is 42.5 Å². The van der Waals surface area contributed by atoms with Gasteiger partial charge in [0.1, 0.15) is 6.61 Å². The SMILES string of the molecule is CCOc1cc(/C=C2\SC(=O)N(c3ccccc3)C2=O)cc(Cl)c1OCc1ccc(C)cc1. The lowest BCUT2D eigenvalue weighted by Gasteiger charge is -2.15. The van der Waals surface area contributed by atoms with Crippen LogP contribution >= 0.6 is 23.4 Å². The lowest BCUT2D eigenvalue weighted by atomic mass is 10.1. The normalized spacial score (nSPS) is 14.8. The maximum absolute atomic E-state index is 12.9. The van der Waals surface area contributed by atoms with Crippen LogP contribution < -0.4 is 14.4 Å². The van der Waals surface area contributed by atoms with Gasteiger partial charge in [-0.2, -0.15) is 0 Å². The molecule has 1 saturated heterocycles. The maximum atomic E-state index is 12.9. The molecule has 0 saturated carbocycles. The number of nitrogens with zero attached hydrogens (tertiary/aromatic N) is 1. The van der Waals surface area contributed by atoms with Crippen LogP contribution in [0.2, 0.25) is 5.02 Å². The zero-order valence-corrected chi connectivity index (χ0v) is 19.8. The van der Waals surface area contributed by atoms with Crippen LogP contribution in [0.1, 0.15) is 23.6 Å². The van der Waals surface area contributed by atoms with Gasteiger partial charge in [0.25, 0.3) is 11.1 Å². The minimum Gasteiger partial charge on any atom is -0.490 e. The number of anilines is 1. The van der Waals surface area contributed by atoms with E-state index < -0.39 is 0 Å². The Morgan fingerprint density at radius 3 is 2.42 bits per heavy atom. The molecule has 7 heteroatoms. The van der Waals surface area contributed by atoms with Gasteiger partial charge in [-0.1, -0.05) is 59.6 Å². The maximum Gasteiger partial charge on any atom is 0.298 e. The molecule has 0 aromatic heterocycles. The molecule has 5 nitrogen and oxygen atoms in total. The minimum atomic E-state index is -0.370. The van der Waals surface area contributed by atoms with Gasteiger partial charge < -0.3 is 9.47 Å². The predicted molar refractivity (Wildman–Crippen MR) is 133 cm³/mol. The summed E-state index contributed by atoms with van der Waals surface area (Å²) in [5.41, 5.74) is 3.37. The van der Waals surface area contributed by atoms with Gasteiger partial charge in [0.05, 0.1) is 22.2 Å². The van der Waals surface area contributed by atoms with Crippen LogP contribution in [-0.2, 0) is 11.4 Å². The third-order valence-electron chi connectivity index (χ3n) is 4.94. The molecule has 0 N–H and O–H groups in total. The van der Waals surface area contributed by atoms with Crippen molar-refractivity contribution < 1.29 is 19.1 Å². The molecular formula is C26H22ClNO4S. The number of para-hydroxylation sites is 1. The summed E-state index contributed by atoms with van der Waals surface area (Å²) in [4.78, 5) is 26.8. The number of amides is 2. The van der Waals surface area contributed by atoms with E-state index in [-0.39, 0.29) is 11.1 Å². The monoisotopic (exact) mass is 479 g/mol. The molecular weight excluding hydrogens is 458 g/mol. The van der Waals surface area contributed by atoms with Crippen molar-refractivity contribution in [2.45, 2.75) is 20.5 Å². The standard InChI is InChI=1S/C26H22ClNO4S/c1-3-31-22-14-19(13-21(27)24(22)32-16-18-11-9-17(2)10-12-18)15-23-25(29)28(26(30)33-23)20-7-5-4-6-8-20/h4-15H,3,16H2,1-2H3/b23-15-. The van der Waals surface area contributed by atoms with Crippen LogP contribution in [0.3, 0.4) is 0 Å². The largest absolute Gasteiger partial charge is 0.490 e. The predicted octanol–water partition coefficient (Wildman–Crippen LogP) is 6.87. The second kappa shape index (κ2) is 10.1. The molecule has 0 bridgehead atoms. The van der Waals surface area contributed by atoms with E-state index in [4.69, 9.17) is 21.1 Å². The molecule has 3 aromatic carbocycles. The average Bonchev–Trinajstić information content (AvgIpc) is 3.08. The number of benzene rings is 3. The summed E-state index contributed by atoms with van der Waals surface area (Å²) in [5.74, 6) is 0.546. The fourth-order valence-corrected chi connectivity index (χ4v) is 4.45. The van der Waals surface area contributed by atoms with Crippen LogP contribution in [0.25, 0.3) is 6.08 Å². The number of imide groups is 1. The Kier molecular flexibility index (Phi) is 7.06. The second-order valence-corrected chi connectivity index (χ2v) is 8.79. The van der Waals surface area contributed by atoms with E-state index in [1.807, 2.05) is 44.2 Å². The number of hydrogen-bond acceptors (Lipinski definition) is 5. The smallest absolute Gasteiger partial charge is 0.298 e. The molecule has 0 aliphatic carbocycles. The van der Waals surface area contributed by atoms with Gasteiger partial charge in [0, 0.05) is 0 Å². The van der Waals surface area contributed by atoms with E-state index >= 15 is 0 Å². The minimum absolute atomic E-state index is 0.315. The van der Waals surface area contributed by atoms with Gasteiger partial charge in [-0.15, -0.1) is 0 Å². The summed E-state index contributed by atoms with van der Waals surface area (Å²) in [6.07, 6.45) is 1.64. The Bertz CT molecular complexity index is 1210. The summed E-state index contributed by atoms with van der Waals surface area (Å²) in [7, 11) is 0. The van der Waals surface area contributed by atoms with Crippen molar-refractivity contribution in [3.05, 3.63) is 93.3 Å². The number of halogens is 1. The van der Waals surface area contributed by atoms with Gasteiger partial charge >= 0.3 is 0 Å². The van der Waals surface area contributed by atoms with Crippen molar-refractivity contribution in [2.75, 3.05) is 11.5 Å². The molecule has 1 fully saturated rings. The lowest BCUT2D eigenvalue weighted by Crippen LogP contribution is -2.27. The molecule has 1 heterocycles. The highest BCUT2D eigenvalue weighted by Crippen LogP contribution is 2.40. The molecule has 0 atom stereocenters. The van der Waals surface area contributed by atoms with Crippen molar-refractivity contribution in [3.8, 4) is 11.5 Å². The molecule has 0 unspecified atom stereocenters. The van der Waals surface area contributed by atoms with E-state index in [1.165, 1.54) is 10.5 Å². The Labute approximate surface area is 202 Å². The molecule has 3 aromatic rings. The van der Waals surface area contributed by atoms with Crippen LogP contribution in [0.4, 0.5) is 10.5 Å². The van der Waals surface area contributed by atoms with Crippen LogP contribution in [0, 0.1) is 6.92 Å². The van der Waals surface area contributed by atoms with E-state index in [0.29, 0.717) is 45.9 Å². The first-order valence-electron chi connectivity index (χ1n) is 10.4. The first-order valence-corrected chi connectivity index (χ1v) is 11.6. The highest BCUT2D eigenvalue weighted by Gasteiger charge is 2.36. The number of carbonyl (C=O) groups is 2. The van der Waals surface area contributed by atoms with Crippen molar-refractivity contribution in [2.24, 2.45) is 0 Å². The van der Waals surface area contributed by atoms with Crippen molar-refractivity contribution >= 4 is 46.3 Å². The lowest BCUT2D eigenvalue weighted by molar-refractivity contribution is -0.113. The van der Waals surface area contributed by atoms with Crippen LogP contribution in [0.15, 0.2) is 71.6 Å². The number of aryl methyl sites for hydroxylation is 1. The average molecular weight is 480 g/mol. The number of ether oxygens (including phenoxy) is 2. The fraction of sp³-hybridized carbons (Fsp3) is 0.154. The Hall–Kier alpha value is -3.22. The van der Waals surface area contributed by atoms with Gasteiger partial charge in [0.2, 0.25) is 0 Å². The summed E-state index contributed by atoms with van der Waals surface area (Å²) in [6, 6.07) is 20.4. The molecule has 4 rings (SSSR count). The zero-order valence-electron chi connectivity index (χ0n) is 18.2. The number of thioether (sulfide) groups is 1. The molecule has 0 radical (unpaired) electrons. The summed E-state index contributed by atoms with van der Waals surface area (Å²) in [6.45, 7) is 4.66. The molecule has 1 aliphatic rings. The molecule has 2 amide bonds. The number of rotatable bonds is 7. The summed E-state index contributed by atoms with van der Waals surface area (Å²) < 4.78 is 11.7. The molecule has 168 valence electrons. The van der Waals surface area contributed by atoms with E-state index in [0.717, 1.165) is 17.3 Å². The van der Waals surface area contributed by atoms with E-state index in [9.17, 15) is 9.59 Å². The van der Waals surface area contributed by atoms with Crippen molar-refractivity contribution in [3.63, 3.8) is 0 Å². The fourth-order valence-electron chi connectivity index (χ4n) is 3.33. The van der Waals surface area contributed by atoms with Crippen LogP contribution in [0.5, 0.6) is 11.5 Å². The van der Waals surface area contributed by atoms with Crippen molar-refractivity contribution in [1.29, 1.82) is 0 Å². The third kappa shape index (κ3) is 5.24. The number of carbonyl (C=O) groups excluding carboxylic acids is 2. The van der Waals surface area contributed by atoms with E-state index in [2.05, 4.69) is 0 Å². The first-order chi connectivity index (χ1) is 16.0. The zero-order chi connectivity index (χ0) is 23.4. The van der Waals surface area contributed by atoms with Gasteiger partial charge in [-0.3, -0.25) is 9.59 Å². The quantitative estimate of drug-likeness (QED) is 0.346. The Balaban J connectivity index is 1.59. The van der Waals surface area contributed by atoms with Gasteiger partial charge in [0.15, 0.2) is 11.5 Å². The third-order valence-corrected chi connectivity index (χ3v) is 6.09. The topological polar surface area (TPSA) is 55.8 Å². The van der Waals surface area contributed by atoms with Crippen LogP contribution in [-0.4, -0.2) is 17.8 Å². The highest BCUT2D eigenvalue weighted by molar-refractivity contribution is 8.19. The highest BCUT2D eigenvalue weighted by atomic mass is 35.5. The number of hydrogen-bond donors (Lipinski definition) is 0. The van der Waals surface area contributed by atoms with Gasteiger partial charge in [-0.05, 0) is 67.1 Å². The molecule has 1 aliphatic heterocycles. The molecule has 33 heavy (non-hydrogen) atoms. The van der Waals surface area contributed by atoms with Gasteiger partial charge in [-0.25, -0.2) is 4.90 Å². The molecule has 0 spiro atoms.